The minimum atomic E-state index is -1.07. The van der Waals surface area contributed by atoms with Crippen LogP contribution in [0.2, 0.25) is 0 Å². The van der Waals surface area contributed by atoms with Gasteiger partial charge in [0.15, 0.2) is 0 Å². The van der Waals surface area contributed by atoms with Crippen molar-refractivity contribution in [2.75, 3.05) is 13.7 Å². The highest BCUT2D eigenvalue weighted by atomic mass is 16.5. The minimum absolute atomic E-state index is 0.239. The van der Waals surface area contributed by atoms with E-state index in [0.29, 0.717) is 6.54 Å². The standard InChI is InChI=1S/C20H30N4O4/c1-20(2,3)24(19(26)27)17(14-23-10-6-9-22-23)18(25)13-21-12-15-7-5-8-16(11-15)28-4/h5-11,17-18,21,25H,12-14H2,1-4H3,(H,26,27)/t17-,18-/m0/s1. The van der Waals surface area contributed by atoms with Crippen LogP contribution in [0.25, 0.3) is 0 Å². The van der Waals surface area contributed by atoms with E-state index in [1.54, 1.807) is 30.3 Å². The molecule has 1 aromatic heterocycles. The molecule has 1 aromatic carbocycles. The van der Waals surface area contributed by atoms with Crippen LogP contribution in [0.5, 0.6) is 5.75 Å². The van der Waals surface area contributed by atoms with Gasteiger partial charge < -0.3 is 20.3 Å². The molecule has 3 N–H and O–H groups in total. The summed E-state index contributed by atoms with van der Waals surface area (Å²) >= 11 is 0. The molecule has 2 atom stereocenters. The molecule has 1 amide bonds. The number of amides is 1. The molecule has 0 saturated heterocycles. The molecule has 2 rings (SSSR count). The van der Waals surface area contributed by atoms with Crippen LogP contribution in [0.1, 0.15) is 26.3 Å². The first-order chi connectivity index (χ1) is 13.2. The van der Waals surface area contributed by atoms with Gasteiger partial charge in [0.2, 0.25) is 0 Å². The number of ether oxygens (including phenoxy) is 1. The highest BCUT2D eigenvalue weighted by Gasteiger charge is 2.37. The molecule has 0 aliphatic rings. The monoisotopic (exact) mass is 390 g/mol. The Balaban J connectivity index is 2.09. The second-order valence-electron chi connectivity index (χ2n) is 7.67. The number of nitrogens with one attached hydrogen (secondary N) is 1. The number of nitrogens with zero attached hydrogens (tertiary/aromatic N) is 3. The maximum atomic E-state index is 11.9. The van der Waals surface area contributed by atoms with Gasteiger partial charge in [0, 0.05) is 31.0 Å². The van der Waals surface area contributed by atoms with Crippen LogP contribution in [-0.4, -0.2) is 62.3 Å². The molecule has 8 nitrogen and oxygen atoms in total. The average Bonchev–Trinajstić information content (AvgIpc) is 3.13. The third-order valence-corrected chi connectivity index (χ3v) is 4.45. The van der Waals surface area contributed by atoms with Gasteiger partial charge in [-0.25, -0.2) is 4.79 Å². The van der Waals surface area contributed by atoms with E-state index in [0.717, 1.165) is 11.3 Å². The van der Waals surface area contributed by atoms with Crippen LogP contribution in [0.3, 0.4) is 0 Å². The summed E-state index contributed by atoms with van der Waals surface area (Å²) in [4.78, 5) is 13.2. The van der Waals surface area contributed by atoms with E-state index < -0.39 is 23.8 Å². The first-order valence-corrected chi connectivity index (χ1v) is 9.23. The smallest absolute Gasteiger partial charge is 0.408 e. The Kier molecular flexibility index (Phi) is 7.42. The molecule has 0 bridgehead atoms. The Morgan fingerprint density at radius 3 is 2.68 bits per heavy atom. The molecule has 28 heavy (non-hydrogen) atoms. The van der Waals surface area contributed by atoms with Gasteiger partial charge in [0.1, 0.15) is 5.75 Å². The van der Waals surface area contributed by atoms with Crippen LogP contribution >= 0.6 is 0 Å². The normalized spacial score (nSPS) is 13.8. The van der Waals surface area contributed by atoms with Gasteiger partial charge in [0.25, 0.3) is 0 Å². The van der Waals surface area contributed by atoms with Gasteiger partial charge >= 0.3 is 6.09 Å². The van der Waals surface area contributed by atoms with Crippen molar-refractivity contribution in [2.45, 2.75) is 51.5 Å². The Bertz CT molecular complexity index is 743. The summed E-state index contributed by atoms with van der Waals surface area (Å²) in [7, 11) is 1.61. The zero-order valence-corrected chi connectivity index (χ0v) is 16.9. The van der Waals surface area contributed by atoms with Crippen molar-refractivity contribution in [3.8, 4) is 5.75 Å². The van der Waals surface area contributed by atoms with Crippen molar-refractivity contribution in [3.05, 3.63) is 48.3 Å². The summed E-state index contributed by atoms with van der Waals surface area (Å²) in [5.74, 6) is 0.765. The highest BCUT2D eigenvalue weighted by Crippen LogP contribution is 2.21. The van der Waals surface area contributed by atoms with Crippen molar-refractivity contribution in [3.63, 3.8) is 0 Å². The van der Waals surface area contributed by atoms with Gasteiger partial charge in [0.05, 0.1) is 25.8 Å². The Labute approximate surface area is 165 Å². The first kappa shape index (κ1) is 21.7. The molecule has 0 radical (unpaired) electrons. The van der Waals surface area contributed by atoms with E-state index in [1.807, 2.05) is 45.0 Å². The SMILES string of the molecule is COc1cccc(CNC[C@H](O)[C@H](Cn2cccn2)N(C(=O)O)C(C)(C)C)c1. The molecule has 0 saturated carbocycles. The molecule has 8 heteroatoms. The van der Waals surface area contributed by atoms with Crippen molar-refractivity contribution in [1.82, 2.24) is 20.0 Å². The number of aromatic nitrogens is 2. The Hall–Kier alpha value is -2.58. The summed E-state index contributed by atoms with van der Waals surface area (Å²) in [5.41, 5.74) is 0.346. The quantitative estimate of drug-likeness (QED) is 0.607. The highest BCUT2D eigenvalue weighted by molar-refractivity contribution is 5.66. The predicted octanol–water partition coefficient (Wildman–Crippen LogP) is 2.19. The first-order valence-electron chi connectivity index (χ1n) is 9.23. The lowest BCUT2D eigenvalue weighted by atomic mass is 10.00. The summed E-state index contributed by atoms with van der Waals surface area (Å²) in [5, 5.41) is 28.0. The van der Waals surface area contributed by atoms with Crippen LogP contribution < -0.4 is 10.1 Å². The number of carboxylic acid groups (broad SMARTS) is 1. The number of hydrogen-bond acceptors (Lipinski definition) is 5. The third-order valence-electron chi connectivity index (χ3n) is 4.45. The largest absolute Gasteiger partial charge is 0.497 e. The minimum Gasteiger partial charge on any atom is -0.497 e. The van der Waals surface area contributed by atoms with Crippen LogP contribution in [-0.2, 0) is 13.1 Å². The zero-order valence-electron chi connectivity index (χ0n) is 16.9. The molecule has 0 aliphatic heterocycles. The molecule has 2 aromatic rings. The van der Waals surface area contributed by atoms with Gasteiger partial charge in [-0.2, -0.15) is 5.10 Å². The molecule has 0 unspecified atom stereocenters. The lowest BCUT2D eigenvalue weighted by Gasteiger charge is -2.41. The van der Waals surface area contributed by atoms with Gasteiger partial charge in [-0.1, -0.05) is 12.1 Å². The predicted molar refractivity (Wildman–Crippen MR) is 106 cm³/mol. The molecule has 0 spiro atoms. The van der Waals surface area contributed by atoms with Gasteiger partial charge in [-0.15, -0.1) is 0 Å². The van der Waals surface area contributed by atoms with Crippen molar-refractivity contribution >= 4 is 6.09 Å². The van der Waals surface area contributed by atoms with E-state index in [4.69, 9.17) is 4.74 Å². The van der Waals surface area contributed by atoms with Crippen LogP contribution in [0.15, 0.2) is 42.7 Å². The Morgan fingerprint density at radius 2 is 2.11 bits per heavy atom. The lowest BCUT2D eigenvalue weighted by molar-refractivity contribution is -0.000722. The second-order valence-corrected chi connectivity index (χ2v) is 7.67. The topological polar surface area (TPSA) is 99.9 Å². The van der Waals surface area contributed by atoms with Crippen molar-refractivity contribution in [1.29, 1.82) is 0 Å². The fourth-order valence-electron chi connectivity index (χ4n) is 3.18. The molecule has 0 aliphatic carbocycles. The van der Waals surface area contributed by atoms with E-state index >= 15 is 0 Å². The van der Waals surface area contributed by atoms with E-state index in [2.05, 4.69) is 10.4 Å². The molecular formula is C20H30N4O4. The van der Waals surface area contributed by atoms with Crippen LogP contribution in [0.4, 0.5) is 4.79 Å². The molecule has 0 fully saturated rings. The van der Waals surface area contributed by atoms with E-state index in [-0.39, 0.29) is 13.1 Å². The molecular weight excluding hydrogens is 360 g/mol. The number of aliphatic hydroxyl groups excluding tert-OH is 1. The van der Waals surface area contributed by atoms with E-state index in [1.165, 1.54) is 4.90 Å². The Morgan fingerprint density at radius 1 is 1.36 bits per heavy atom. The number of hydrogen-bond donors (Lipinski definition) is 3. The van der Waals surface area contributed by atoms with Gasteiger partial charge in [-0.3, -0.25) is 9.58 Å². The average molecular weight is 390 g/mol. The summed E-state index contributed by atoms with van der Waals surface area (Å²) in [6.07, 6.45) is 1.40. The zero-order chi connectivity index (χ0) is 20.7. The maximum Gasteiger partial charge on any atom is 0.408 e. The summed E-state index contributed by atoms with van der Waals surface area (Å²) in [6.45, 7) is 6.47. The maximum absolute atomic E-state index is 11.9. The number of methoxy groups -OCH3 is 1. The van der Waals surface area contributed by atoms with Crippen molar-refractivity contribution in [2.24, 2.45) is 0 Å². The van der Waals surface area contributed by atoms with Crippen molar-refractivity contribution < 1.29 is 19.7 Å². The second kappa shape index (κ2) is 9.57. The number of aliphatic hydroxyl groups is 1. The fraction of sp³-hybridized carbons (Fsp3) is 0.500. The number of benzene rings is 1. The third kappa shape index (κ3) is 5.97. The number of rotatable bonds is 9. The van der Waals surface area contributed by atoms with Crippen LogP contribution in [0, 0.1) is 0 Å². The molecule has 154 valence electrons. The summed E-state index contributed by atoms with van der Waals surface area (Å²) in [6, 6.07) is 8.76. The number of carbonyl (C=O) groups is 1. The van der Waals surface area contributed by atoms with Gasteiger partial charge in [-0.05, 0) is 44.5 Å². The van der Waals surface area contributed by atoms with E-state index in [9.17, 15) is 15.0 Å². The lowest BCUT2D eigenvalue weighted by Crippen LogP contribution is -2.58. The molecule has 1 heterocycles. The summed E-state index contributed by atoms with van der Waals surface area (Å²) < 4.78 is 6.85. The fourth-order valence-corrected chi connectivity index (χ4v) is 3.18.